The lowest BCUT2D eigenvalue weighted by molar-refractivity contribution is -0.151. The van der Waals surface area contributed by atoms with Gasteiger partial charge in [-0.25, -0.2) is 0 Å². The molecule has 0 bridgehead atoms. The topological polar surface area (TPSA) is 73.0 Å². The molecule has 2 saturated carbocycles. The zero-order valence-electron chi connectivity index (χ0n) is 16.5. The van der Waals surface area contributed by atoms with Crippen molar-refractivity contribution in [3.8, 4) is 0 Å². The van der Waals surface area contributed by atoms with Crippen LogP contribution in [-0.2, 0) is 23.9 Å². The van der Waals surface area contributed by atoms with Gasteiger partial charge in [0.2, 0.25) is 17.2 Å². The Morgan fingerprint density at radius 1 is 1.08 bits per heavy atom. The minimum Gasteiger partial charge on any atom is -0.492 e. The molecule has 1 heterocycles. The first-order valence-corrected chi connectivity index (χ1v) is 9.62. The van der Waals surface area contributed by atoms with E-state index in [0.29, 0.717) is 12.0 Å². The largest absolute Gasteiger partial charge is 0.492 e. The van der Waals surface area contributed by atoms with Gasteiger partial charge in [0.25, 0.3) is 0 Å². The lowest BCUT2D eigenvalue weighted by atomic mass is 9.44. The molecule has 0 N–H and O–H groups in total. The van der Waals surface area contributed by atoms with E-state index in [2.05, 4.69) is 13.8 Å². The summed E-state index contributed by atoms with van der Waals surface area (Å²) >= 11 is 0. The van der Waals surface area contributed by atoms with Crippen molar-refractivity contribution in [1.82, 2.24) is 0 Å². The molecule has 5 heteroatoms. The molecule has 142 valence electrons. The SMILES string of the molecule is COC1=C(C(C)C)C(=O)[C@]23O[C@@]2(C1=O)[C@@]1(C)CCCC(C)(C)[C@@H]1CC3=O. The van der Waals surface area contributed by atoms with E-state index in [1.165, 1.54) is 7.11 Å². The molecule has 4 atom stereocenters. The van der Waals surface area contributed by atoms with E-state index in [4.69, 9.17) is 9.47 Å². The van der Waals surface area contributed by atoms with E-state index in [1.54, 1.807) is 0 Å². The second-order valence-corrected chi connectivity index (χ2v) is 9.66. The summed E-state index contributed by atoms with van der Waals surface area (Å²) in [5.41, 5.74) is -3.30. The molecule has 0 radical (unpaired) electrons. The molecule has 0 amide bonds. The number of ether oxygens (including phenoxy) is 2. The van der Waals surface area contributed by atoms with E-state index < -0.39 is 16.6 Å². The van der Waals surface area contributed by atoms with Crippen LogP contribution in [-0.4, -0.2) is 35.7 Å². The molecule has 3 aliphatic carbocycles. The number of carbonyl (C=O) groups is 3. The summed E-state index contributed by atoms with van der Waals surface area (Å²) in [5.74, 6) is -0.974. The predicted octanol–water partition coefficient (Wildman–Crippen LogP) is 3.01. The lowest BCUT2D eigenvalue weighted by Gasteiger charge is -2.56. The standard InChI is InChI=1S/C21H28O5/c1-11(2)14-15(25-6)17(24)21-19(5)9-7-8-18(3,4)12(19)10-13(22)20(21,26-21)16(14)23/h11-12H,7-10H2,1-6H3/t12-,19-,20-,21-/m0/s1. The third-order valence-corrected chi connectivity index (χ3v) is 7.69. The Labute approximate surface area is 154 Å². The van der Waals surface area contributed by atoms with E-state index >= 15 is 0 Å². The van der Waals surface area contributed by atoms with Gasteiger partial charge >= 0.3 is 0 Å². The van der Waals surface area contributed by atoms with E-state index in [1.807, 2.05) is 20.8 Å². The van der Waals surface area contributed by atoms with Gasteiger partial charge in [-0.3, -0.25) is 14.4 Å². The van der Waals surface area contributed by atoms with E-state index in [-0.39, 0.29) is 40.4 Å². The van der Waals surface area contributed by atoms with Crippen molar-refractivity contribution in [2.24, 2.45) is 22.7 Å². The average Bonchev–Trinajstić information content (AvgIpc) is 3.28. The molecule has 3 fully saturated rings. The molecule has 1 saturated heterocycles. The van der Waals surface area contributed by atoms with Crippen LogP contribution >= 0.6 is 0 Å². The van der Waals surface area contributed by atoms with Crippen LogP contribution < -0.4 is 0 Å². The van der Waals surface area contributed by atoms with Crippen LogP contribution in [0.15, 0.2) is 11.3 Å². The van der Waals surface area contributed by atoms with Crippen molar-refractivity contribution >= 4 is 17.3 Å². The minimum atomic E-state index is -1.61. The third kappa shape index (κ3) is 1.61. The molecule has 0 unspecified atom stereocenters. The highest BCUT2D eigenvalue weighted by atomic mass is 16.7. The van der Waals surface area contributed by atoms with Crippen LogP contribution in [0, 0.1) is 22.7 Å². The molecule has 5 nitrogen and oxygen atoms in total. The fourth-order valence-corrected chi connectivity index (χ4v) is 6.45. The van der Waals surface area contributed by atoms with Crippen LogP contribution in [0.5, 0.6) is 0 Å². The average molecular weight is 360 g/mol. The van der Waals surface area contributed by atoms with Crippen molar-refractivity contribution in [3.63, 3.8) is 0 Å². The van der Waals surface area contributed by atoms with Crippen molar-refractivity contribution in [2.75, 3.05) is 7.11 Å². The Balaban J connectivity index is 1.97. The van der Waals surface area contributed by atoms with Gasteiger partial charge in [0, 0.05) is 17.4 Å². The molecule has 1 aliphatic heterocycles. The van der Waals surface area contributed by atoms with E-state index in [9.17, 15) is 14.4 Å². The fourth-order valence-electron chi connectivity index (χ4n) is 6.45. The first-order valence-electron chi connectivity index (χ1n) is 9.62. The molecule has 4 rings (SSSR count). The van der Waals surface area contributed by atoms with Crippen molar-refractivity contribution in [3.05, 3.63) is 11.3 Å². The minimum absolute atomic E-state index is 0.0160. The maximum Gasteiger partial charge on any atom is 0.234 e. The quantitative estimate of drug-likeness (QED) is 0.559. The summed E-state index contributed by atoms with van der Waals surface area (Å²) in [5, 5.41) is 0. The summed E-state index contributed by atoms with van der Waals surface area (Å²) in [6.07, 6.45) is 3.05. The molecule has 0 aromatic carbocycles. The third-order valence-electron chi connectivity index (χ3n) is 7.69. The Hall–Kier alpha value is -1.49. The fraction of sp³-hybridized carbons (Fsp3) is 0.762. The summed E-state index contributed by atoms with van der Waals surface area (Å²) in [7, 11) is 1.42. The van der Waals surface area contributed by atoms with Gasteiger partial charge in [0.15, 0.2) is 17.1 Å². The van der Waals surface area contributed by atoms with Gasteiger partial charge in [0.1, 0.15) is 0 Å². The monoisotopic (exact) mass is 360 g/mol. The van der Waals surface area contributed by atoms with Gasteiger partial charge < -0.3 is 9.47 Å². The number of carbonyl (C=O) groups excluding carboxylic acids is 3. The van der Waals surface area contributed by atoms with Crippen LogP contribution in [0.4, 0.5) is 0 Å². The van der Waals surface area contributed by atoms with Crippen LogP contribution in [0.2, 0.25) is 0 Å². The number of ketones is 3. The highest BCUT2D eigenvalue weighted by molar-refractivity contribution is 6.33. The summed E-state index contributed by atoms with van der Waals surface area (Å²) in [4.78, 5) is 40.3. The number of fused-ring (bicyclic) bond motifs is 1. The highest BCUT2D eigenvalue weighted by Gasteiger charge is 2.93. The molecule has 4 aliphatic rings. The van der Waals surface area contributed by atoms with Crippen LogP contribution in [0.25, 0.3) is 0 Å². The number of epoxide rings is 1. The number of hydrogen-bond donors (Lipinski definition) is 0. The van der Waals surface area contributed by atoms with Crippen molar-refractivity contribution < 1.29 is 23.9 Å². The first kappa shape index (κ1) is 17.9. The summed E-state index contributed by atoms with van der Waals surface area (Å²) in [6, 6.07) is 0. The smallest absolute Gasteiger partial charge is 0.234 e. The van der Waals surface area contributed by atoms with Crippen molar-refractivity contribution in [1.29, 1.82) is 0 Å². The van der Waals surface area contributed by atoms with Gasteiger partial charge in [-0.05, 0) is 30.1 Å². The van der Waals surface area contributed by atoms with Crippen LogP contribution in [0.1, 0.15) is 60.3 Å². The molecular weight excluding hydrogens is 332 g/mol. The number of methoxy groups -OCH3 is 1. The Morgan fingerprint density at radius 3 is 2.31 bits per heavy atom. The zero-order chi connectivity index (χ0) is 19.3. The first-order chi connectivity index (χ1) is 12.0. The second kappa shape index (κ2) is 4.86. The van der Waals surface area contributed by atoms with Crippen molar-refractivity contribution in [2.45, 2.75) is 71.5 Å². The van der Waals surface area contributed by atoms with Gasteiger partial charge in [-0.2, -0.15) is 0 Å². The maximum atomic E-state index is 13.6. The van der Waals surface area contributed by atoms with Gasteiger partial charge in [-0.15, -0.1) is 0 Å². The normalized spacial score (nSPS) is 43.8. The van der Waals surface area contributed by atoms with E-state index in [0.717, 1.165) is 19.3 Å². The molecule has 0 aromatic rings. The highest BCUT2D eigenvalue weighted by Crippen LogP contribution is 2.74. The molecular formula is C21H28O5. The predicted molar refractivity (Wildman–Crippen MR) is 94.3 cm³/mol. The molecule has 0 aromatic heterocycles. The summed E-state index contributed by atoms with van der Waals surface area (Å²) < 4.78 is 11.5. The molecule has 26 heavy (non-hydrogen) atoms. The number of rotatable bonds is 2. The Morgan fingerprint density at radius 2 is 1.73 bits per heavy atom. The molecule has 0 spiro atoms. The van der Waals surface area contributed by atoms with Crippen LogP contribution in [0.3, 0.4) is 0 Å². The number of Topliss-reactive ketones (excluding diaryl/α,β-unsaturated/α-hetero) is 3. The lowest BCUT2D eigenvalue weighted by Crippen LogP contribution is -2.66. The second-order valence-electron chi connectivity index (χ2n) is 9.66. The summed E-state index contributed by atoms with van der Waals surface area (Å²) in [6.45, 7) is 10.1. The zero-order valence-corrected chi connectivity index (χ0v) is 16.5. The maximum absolute atomic E-state index is 13.6. The van der Waals surface area contributed by atoms with Gasteiger partial charge in [-0.1, -0.05) is 41.0 Å². The number of hydrogen-bond acceptors (Lipinski definition) is 5. The van der Waals surface area contributed by atoms with Gasteiger partial charge in [0.05, 0.1) is 7.11 Å². The Bertz CT molecular complexity index is 775. The Kier molecular flexibility index (Phi) is 3.35.